The van der Waals surface area contributed by atoms with Crippen LogP contribution in [0.3, 0.4) is 0 Å². The molecule has 1 aromatic carbocycles. The molecule has 0 bridgehead atoms. The number of alkyl halides is 1. The Morgan fingerprint density at radius 2 is 2.00 bits per heavy atom. The minimum absolute atomic E-state index is 0. The van der Waals surface area contributed by atoms with Gasteiger partial charge in [0.25, 0.3) is 5.69 Å². The molecule has 21 heavy (non-hydrogen) atoms. The van der Waals surface area contributed by atoms with E-state index in [0.717, 1.165) is 13.1 Å². The van der Waals surface area contributed by atoms with Crippen LogP contribution in [0.5, 0.6) is 5.75 Å². The predicted octanol–water partition coefficient (Wildman–Crippen LogP) is 2.06. The summed E-state index contributed by atoms with van der Waals surface area (Å²) < 4.78 is 13.3. The molecule has 120 valence electrons. The van der Waals surface area contributed by atoms with Crippen molar-refractivity contribution in [1.29, 1.82) is 0 Å². The lowest BCUT2D eigenvalue weighted by Crippen LogP contribution is -2.45. The molecule has 1 fully saturated rings. The molecule has 0 aromatic heterocycles. The lowest BCUT2D eigenvalue weighted by molar-refractivity contribution is -0.386. The Kier molecular flexibility index (Phi) is 8.50. The van der Waals surface area contributed by atoms with Gasteiger partial charge in [-0.2, -0.15) is 0 Å². The summed E-state index contributed by atoms with van der Waals surface area (Å²) in [5, 5.41) is 23.6. The van der Waals surface area contributed by atoms with Crippen molar-refractivity contribution in [2.45, 2.75) is 6.04 Å². The SMILES string of the molecule is Cl.Cl.O=[N+]([O-])c1ccc(O)cc1[C@@H](CF)N1CCNCC1. The molecular weight excluding hydrogens is 324 g/mol. The van der Waals surface area contributed by atoms with Crippen molar-refractivity contribution in [3.63, 3.8) is 0 Å². The van der Waals surface area contributed by atoms with Crippen LogP contribution >= 0.6 is 24.8 Å². The zero-order chi connectivity index (χ0) is 13.8. The summed E-state index contributed by atoms with van der Waals surface area (Å²) in [7, 11) is 0. The number of phenolic OH excluding ortho intramolecular Hbond substituents is 1. The second-order valence-electron chi connectivity index (χ2n) is 4.46. The number of nitro groups is 1. The fourth-order valence-electron chi connectivity index (χ4n) is 2.35. The van der Waals surface area contributed by atoms with Gasteiger partial charge in [0.05, 0.1) is 16.5 Å². The number of hydrogen-bond acceptors (Lipinski definition) is 5. The largest absolute Gasteiger partial charge is 0.508 e. The van der Waals surface area contributed by atoms with Crippen LogP contribution < -0.4 is 5.32 Å². The number of nitro benzene ring substituents is 1. The topological polar surface area (TPSA) is 78.6 Å². The number of rotatable bonds is 4. The summed E-state index contributed by atoms with van der Waals surface area (Å²) in [6.45, 7) is 1.99. The molecule has 1 aliphatic rings. The highest BCUT2D eigenvalue weighted by Gasteiger charge is 2.28. The van der Waals surface area contributed by atoms with Gasteiger partial charge < -0.3 is 10.4 Å². The fraction of sp³-hybridized carbons (Fsp3) is 0.500. The third-order valence-corrected chi connectivity index (χ3v) is 3.31. The summed E-state index contributed by atoms with van der Waals surface area (Å²) in [6.07, 6.45) is 0. The Labute approximate surface area is 134 Å². The Balaban J connectivity index is 0.00000200. The van der Waals surface area contributed by atoms with Crippen molar-refractivity contribution in [2.75, 3.05) is 32.9 Å². The van der Waals surface area contributed by atoms with Gasteiger partial charge in [0, 0.05) is 32.2 Å². The van der Waals surface area contributed by atoms with Crippen LogP contribution in [0.15, 0.2) is 18.2 Å². The smallest absolute Gasteiger partial charge is 0.274 e. The second kappa shape index (κ2) is 8.99. The molecule has 1 heterocycles. The molecule has 0 radical (unpaired) electrons. The molecular formula is C12H18Cl2FN3O3. The van der Waals surface area contributed by atoms with Crippen molar-refractivity contribution in [1.82, 2.24) is 10.2 Å². The highest BCUT2D eigenvalue weighted by Crippen LogP contribution is 2.32. The van der Waals surface area contributed by atoms with E-state index in [4.69, 9.17) is 0 Å². The van der Waals surface area contributed by atoms with Gasteiger partial charge in [-0.25, -0.2) is 4.39 Å². The van der Waals surface area contributed by atoms with Gasteiger partial charge in [0.15, 0.2) is 0 Å². The molecule has 0 unspecified atom stereocenters. The monoisotopic (exact) mass is 341 g/mol. The van der Waals surface area contributed by atoms with Crippen LogP contribution in [-0.2, 0) is 0 Å². The maximum absolute atomic E-state index is 13.3. The van der Waals surface area contributed by atoms with E-state index < -0.39 is 17.6 Å². The number of hydrogen-bond donors (Lipinski definition) is 2. The van der Waals surface area contributed by atoms with Crippen molar-refractivity contribution >= 4 is 30.5 Å². The molecule has 2 N–H and O–H groups in total. The Bertz CT molecular complexity index is 473. The van der Waals surface area contributed by atoms with Crippen LogP contribution in [0.2, 0.25) is 0 Å². The summed E-state index contributed by atoms with van der Waals surface area (Å²) >= 11 is 0. The first-order valence-corrected chi connectivity index (χ1v) is 6.11. The number of nitrogens with zero attached hydrogens (tertiary/aromatic N) is 2. The number of halogens is 3. The standard InChI is InChI=1S/C12H16FN3O3.2ClH/c13-8-12(15-5-3-14-4-6-15)10-7-9(17)1-2-11(10)16(18)19;;/h1-2,7,12,14,17H,3-6,8H2;2*1H/t12-;;/m1../s1. The van der Waals surface area contributed by atoms with E-state index >= 15 is 0 Å². The van der Waals surface area contributed by atoms with Crippen molar-refractivity contribution < 1.29 is 14.4 Å². The molecule has 1 saturated heterocycles. The van der Waals surface area contributed by atoms with Gasteiger partial charge >= 0.3 is 0 Å². The first kappa shape index (κ1) is 19.9. The third kappa shape index (κ3) is 4.67. The van der Waals surface area contributed by atoms with E-state index in [1.165, 1.54) is 18.2 Å². The van der Waals surface area contributed by atoms with E-state index in [1.807, 2.05) is 4.90 Å². The summed E-state index contributed by atoms with van der Waals surface area (Å²) in [5.74, 6) is -0.0887. The Morgan fingerprint density at radius 1 is 1.38 bits per heavy atom. The quantitative estimate of drug-likeness (QED) is 0.647. The van der Waals surface area contributed by atoms with E-state index in [2.05, 4.69) is 5.32 Å². The Hall–Kier alpha value is -1.15. The lowest BCUT2D eigenvalue weighted by Gasteiger charge is -2.33. The van der Waals surface area contributed by atoms with Crippen LogP contribution in [0.1, 0.15) is 11.6 Å². The Morgan fingerprint density at radius 3 is 2.52 bits per heavy atom. The molecule has 1 aliphatic heterocycles. The minimum atomic E-state index is -0.718. The van der Waals surface area contributed by atoms with Crippen LogP contribution in [0.25, 0.3) is 0 Å². The van der Waals surface area contributed by atoms with Crippen LogP contribution in [-0.4, -0.2) is 47.8 Å². The number of phenols is 1. The zero-order valence-electron chi connectivity index (χ0n) is 11.2. The number of piperazine rings is 1. The molecule has 0 saturated carbocycles. The van der Waals surface area contributed by atoms with E-state index in [1.54, 1.807) is 0 Å². The number of aromatic hydroxyl groups is 1. The van der Waals surface area contributed by atoms with Crippen LogP contribution in [0, 0.1) is 10.1 Å². The van der Waals surface area contributed by atoms with Crippen molar-refractivity contribution in [3.8, 4) is 5.75 Å². The molecule has 9 heteroatoms. The second-order valence-corrected chi connectivity index (χ2v) is 4.46. The highest BCUT2D eigenvalue weighted by atomic mass is 35.5. The molecule has 0 aliphatic carbocycles. The first-order valence-electron chi connectivity index (χ1n) is 6.11. The fourth-order valence-corrected chi connectivity index (χ4v) is 2.35. The lowest BCUT2D eigenvalue weighted by atomic mass is 10.0. The van der Waals surface area contributed by atoms with E-state index in [-0.39, 0.29) is 41.8 Å². The number of nitrogens with one attached hydrogen (secondary N) is 1. The predicted molar refractivity (Wildman–Crippen MR) is 82.4 cm³/mol. The normalized spacial score (nSPS) is 16.4. The third-order valence-electron chi connectivity index (χ3n) is 3.31. The van der Waals surface area contributed by atoms with E-state index in [9.17, 15) is 19.6 Å². The molecule has 1 aromatic rings. The first-order chi connectivity index (χ1) is 9.13. The van der Waals surface area contributed by atoms with Gasteiger partial charge in [-0.05, 0) is 12.1 Å². The average Bonchev–Trinajstić information content (AvgIpc) is 2.40. The van der Waals surface area contributed by atoms with Gasteiger partial charge in [-0.3, -0.25) is 15.0 Å². The molecule has 6 nitrogen and oxygen atoms in total. The van der Waals surface area contributed by atoms with Gasteiger partial charge in [0.2, 0.25) is 0 Å². The van der Waals surface area contributed by atoms with Crippen molar-refractivity contribution in [2.24, 2.45) is 0 Å². The average molecular weight is 342 g/mol. The number of benzene rings is 1. The molecule has 2 rings (SSSR count). The molecule has 1 atom stereocenters. The molecule has 0 amide bonds. The zero-order valence-corrected chi connectivity index (χ0v) is 12.8. The summed E-state index contributed by atoms with van der Waals surface area (Å²) in [6, 6.07) is 3.06. The maximum Gasteiger partial charge on any atom is 0.274 e. The van der Waals surface area contributed by atoms with Crippen LogP contribution in [0.4, 0.5) is 10.1 Å². The molecule has 0 spiro atoms. The van der Waals surface area contributed by atoms with Gasteiger partial charge in [-0.15, -0.1) is 24.8 Å². The van der Waals surface area contributed by atoms with Gasteiger partial charge in [-0.1, -0.05) is 0 Å². The van der Waals surface area contributed by atoms with Crippen molar-refractivity contribution in [3.05, 3.63) is 33.9 Å². The highest BCUT2D eigenvalue weighted by molar-refractivity contribution is 5.85. The maximum atomic E-state index is 13.3. The van der Waals surface area contributed by atoms with E-state index in [0.29, 0.717) is 13.1 Å². The summed E-state index contributed by atoms with van der Waals surface area (Å²) in [4.78, 5) is 12.3. The summed E-state index contributed by atoms with van der Waals surface area (Å²) in [5.41, 5.74) is 0.0772. The minimum Gasteiger partial charge on any atom is -0.508 e. The van der Waals surface area contributed by atoms with Gasteiger partial charge in [0.1, 0.15) is 12.4 Å².